The molecule has 0 saturated carbocycles. The van der Waals surface area contributed by atoms with Crippen LogP contribution in [-0.2, 0) is 0 Å². The first-order valence-corrected chi connectivity index (χ1v) is 9.81. The van der Waals surface area contributed by atoms with Crippen molar-refractivity contribution in [2.24, 2.45) is 5.10 Å². The fourth-order valence-electron chi connectivity index (χ4n) is 2.85. The molecule has 0 radical (unpaired) electrons. The molecule has 32 heavy (non-hydrogen) atoms. The summed E-state index contributed by atoms with van der Waals surface area (Å²) in [6, 6.07) is 14.1. The first-order chi connectivity index (χ1) is 15.6. The Bertz CT molecular complexity index is 1270. The van der Waals surface area contributed by atoms with Crippen LogP contribution in [0.3, 0.4) is 0 Å². The van der Waals surface area contributed by atoms with E-state index in [0.717, 1.165) is 5.56 Å². The number of nitrogens with zero attached hydrogens (tertiary/aromatic N) is 6. The molecular formula is C20H17ClN8O3. The van der Waals surface area contributed by atoms with Gasteiger partial charge in [-0.1, -0.05) is 41.1 Å². The van der Waals surface area contributed by atoms with Crippen molar-refractivity contribution in [1.29, 1.82) is 0 Å². The Labute approximate surface area is 186 Å². The predicted molar refractivity (Wildman–Crippen MR) is 117 cm³/mol. The Morgan fingerprint density at radius 1 is 1.28 bits per heavy atom. The molecule has 0 aliphatic rings. The van der Waals surface area contributed by atoms with E-state index in [1.807, 2.05) is 6.92 Å². The molecule has 0 aliphatic carbocycles. The summed E-state index contributed by atoms with van der Waals surface area (Å²) in [5.74, 6) is 0.104. The number of rotatable bonds is 7. The summed E-state index contributed by atoms with van der Waals surface area (Å²) < 4.78 is 11.5. The van der Waals surface area contributed by atoms with E-state index in [4.69, 9.17) is 22.1 Å². The SMILES string of the molecule is CCOc1cccc(-c2c(C(=O)N/N=C\c3ccc(Cl)cc3)nnn2-c2nonc2N)c1. The number of nitrogens with one attached hydrogen (secondary N) is 1. The third-order valence-electron chi connectivity index (χ3n) is 4.25. The normalized spacial score (nSPS) is 11.1. The predicted octanol–water partition coefficient (Wildman–Crippen LogP) is 2.72. The molecule has 1 amide bonds. The second-order valence-electron chi connectivity index (χ2n) is 6.38. The molecule has 0 unspecified atom stereocenters. The van der Waals surface area contributed by atoms with Crippen LogP contribution in [-0.4, -0.2) is 44.0 Å². The summed E-state index contributed by atoms with van der Waals surface area (Å²) in [5.41, 5.74) is 9.92. The van der Waals surface area contributed by atoms with Gasteiger partial charge in [0.25, 0.3) is 5.91 Å². The first kappa shape index (κ1) is 21.0. The maximum absolute atomic E-state index is 12.9. The van der Waals surface area contributed by atoms with Crippen molar-refractivity contribution in [3.63, 3.8) is 0 Å². The number of carbonyl (C=O) groups is 1. The number of ether oxygens (including phenoxy) is 1. The Balaban J connectivity index is 1.69. The van der Waals surface area contributed by atoms with Crippen molar-refractivity contribution in [2.45, 2.75) is 6.92 Å². The van der Waals surface area contributed by atoms with E-state index in [1.54, 1.807) is 48.5 Å². The molecule has 4 rings (SSSR count). The van der Waals surface area contributed by atoms with Crippen molar-refractivity contribution in [2.75, 3.05) is 12.3 Å². The number of nitrogen functional groups attached to an aromatic ring is 1. The molecule has 2 aromatic heterocycles. The van der Waals surface area contributed by atoms with Gasteiger partial charge in [0.05, 0.1) is 12.8 Å². The van der Waals surface area contributed by atoms with Gasteiger partial charge in [0.15, 0.2) is 5.69 Å². The molecule has 4 aromatic rings. The van der Waals surface area contributed by atoms with Crippen LogP contribution in [0.15, 0.2) is 58.3 Å². The molecule has 2 heterocycles. The van der Waals surface area contributed by atoms with Crippen LogP contribution in [0, 0.1) is 0 Å². The van der Waals surface area contributed by atoms with Gasteiger partial charge in [-0.2, -0.15) is 9.78 Å². The van der Waals surface area contributed by atoms with Crippen LogP contribution in [0.5, 0.6) is 5.75 Å². The van der Waals surface area contributed by atoms with E-state index in [-0.39, 0.29) is 17.3 Å². The molecule has 12 heteroatoms. The van der Waals surface area contributed by atoms with Crippen LogP contribution in [0.4, 0.5) is 5.82 Å². The summed E-state index contributed by atoms with van der Waals surface area (Å²) in [6.45, 7) is 2.35. The van der Waals surface area contributed by atoms with Crippen molar-refractivity contribution in [1.82, 2.24) is 30.7 Å². The third kappa shape index (κ3) is 4.42. The highest BCUT2D eigenvalue weighted by molar-refractivity contribution is 6.30. The molecule has 0 fully saturated rings. The Morgan fingerprint density at radius 2 is 2.09 bits per heavy atom. The van der Waals surface area contributed by atoms with Crippen molar-refractivity contribution < 1.29 is 14.2 Å². The number of benzene rings is 2. The highest BCUT2D eigenvalue weighted by atomic mass is 35.5. The zero-order valence-electron chi connectivity index (χ0n) is 16.8. The number of hydrogen-bond donors (Lipinski definition) is 2. The first-order valence-electron chi connectivity index (χ1n) is 9.43. The molecule has 0 saturated heterocycles. The quantitative estimate of drug-likeness (QED) is 0.321. The fraction of sp³-hybridized carbons (Fsp3) is 0.100. The lowest BCUT2D eigenvalue weighted by Crippen LogP contribution is -2.19. The highest BCUT2D eigenvalue weighted by Crippen LogP contribution is 2.29. The van der Waals surface area contributed by atoms with E-state index >= 15 is 0 Å². The number of aromatic nitrogens is 5. The highest BCUT2D eigenvalue weighted by Gasteiger charge is 2.25. The molecule has 3 N–H and O–H groups in total. The summed E-state index contributed by atoms with van der Waals surface area (Å²) in [4.78, 5) is 12.9. The lowest BCUT2D eigenvalue weighted by molar-refractivity contribution is 0.0950. The summed E-state index contributed by atoms with van der Waals surface area (Å²) in [7, 11) is 0. The zero-order valence-corrected chi connectivity index (χ0v) is 17.5. The van der Waals surface area contributed by atoms with Gasteiger partial charge in [0, 0.05) is 10.6 Å². The number of halogens is 1. The van der Waals surface area contributed by atoms with Crippen molar-refractivity contribution in [3.05, 3.63) is 64.8 Å². The maximum atomic E-state index is 12.9. The largest absolute Gasteiger partial charge is 0.494 e. The minimum atomic E-state index is -0.590. The van der Waals surface area contributed by atoms with Crippen LogP contribution >= 0.6 is 11.6 Å². The average Bonchev–Trinajstić information content (AvgIpc) is 3.41. The molecule has 0 aliphatic heterocycles. The van der Waals surface area contributed by atoms with Gasteiger partial charge < -0.3 is 10.5 Å². The lowest BCUT2D eigenvalue weighted by Gasteiger charge is -2.08. The third-order valence-corrected chi connectivity index (χ3v) is 4.50. The second kappa shape index (κ2) is 9.27. The molecular weight excluding hydrogens is 436 g/mol. The summed E-state index contributed by atoms with van der Waals surface area (Å²) in [5, 5.41) is 19.9. The van der Waals surface area contributed by atoms with Crippen LogP contribution < -0.4 is 15.9 Å². The number of anilines is 1. The van der Waals surface area contributed by atoms with Crippen molar-refractivity contribution in [3.8, 4) is 22.8 Å². The number of hydrazone groups is 1. The summed E-state index contributed by atoms with van der Waals surface area (Å²) >= 11 is 5.87. The number of hydrogen-bond acceptors (Lipinski definition) is 9. The van der Waals surface area contributed by atoms with E-state index in [9.17, 15) is 4.79 Å². The van der Waals surface area contributed by atoms with E-state index in [2.05, 4.69) is 35.8 Å². The summed E-state index contributed by atoms with van der Waals surface area (Å²) in [6.07, 6.45) is 1.48. The number of carbonyl (C=O) groups excluding carboxylic acids is 1. The van der Waals surface area contributed by atoms with Gasteiger partial charge in [-0.25, -0.2) is 10.1 Å². The van der Waals surface area contributed by atoms with Crippen LogP contribution in [0.1, 0.15) is 23.0 Å². The van der Waals surface area contributed by atoms with E-state index in [1.165, 1.54) is 10.9 Å². The lowest BCUT2D eigenvalue weighted by atomic mass is 10.1. The van der Waals surface area contributed by atoms with Gasteiger partial charge in [-0.3, -0.25) is 4.79 Å². The van der Waals surface area contributed by atoms with Gasteiger partial charge in [0.2, 0.25) is 11.6 Å². The number of nitrogens with two attached hydrogens (primary N) is 1. The minimum absolute atomic E-state index is 0.00527. The van der Waals surface area contributed by atoms with Gasteiger partial charge in [-0.05, 0) is 47.1 Å². The standard InChI is InChI=1S/C20H17ClN8O3/c1-2-31-15-5-3-4-13(10-15)17-16(24-28-29(17)19-18(22)26-32-27-19)20(30)25-23-11-12-6-8-14(21)9-7-12/h3-11H,2H2,1H3,(H2,22,26)(H,25,30)/b23-11-. The fourth-order valence-corrected chi connectivity index (χ4v) is 2.97. The monoisotopic (exact) mass is 452 g/mol. The molecule has 162 valence electrons. The van der Waals surface area contributed by atoms with Crippen LogP contribution in [0.2, 0.25) is 5.02 Å². The Hall–Kier alpha value is -4.25. The average molecular weight is 453 g/mol. The van der Waals surface area contributed by atoms with E-state index in [0.29, 0.717) is 28.6 Å². The van der Waals surface area contributed by atoms with Gasteiger partial charge in [0.1, 0.15) is 11.4 Å². The van der Waals surface area contributed by atoms with Crippen LogP contribution in [0.25, 0.3) is 17.1 Å². The smallest absolute Gasteiger partial charge is 0.294 e. The zero-order chi connectivity index (χ0) is 22.5. The maximum Gasteiger partial charge on any atom is 0.294 e. The number of amides is 1. The van der Waals surface area contributed by atoms with Gasteiger partial charge in [-0.15, -0.1) is 5.10 Å². The molecule has 0 atom stereocenters. The van der Waals surface area contributed by atoms with E-state index < -0.39 is 5.91 Å². The molecule has 0 spiro atoms. The van der Waals surface area contributed by atoms with Gasteiger partial charge >= 0.3 is 0 Å². The molecule has 0 bridgehead atoms. The second-order valence-corrected chi connectivity index (χ2v) is 6.82. The molecule has 11 nitrogen and oxygen atoms in total. The van der Waals surface area contributed by atoms with Crippen molar-refractivity contribution >= 4 is 29.5 Å². The molecule has 2 aromatic carbocycles. The topological polar surface area (TPSA) is 146 Å². The Kier molecular flexibility index (Phi) is 6.08. The Morgan fingerprint density at radius 3 is 2.81 bits per heavy atom. The minimum Gasteiger partial charge on any atom is -0.494 e.